The molecule has 17 heavy (non-hydrogen) atoms. The lowest BCUT2D eigenvalue weighted by atomic mass is 10.3. The molecule has 0 radical (unpaired) electrons. The van der Waals surface area contributed by atoms with Crippen molar-refractivity contribution in [2.45, 2.75) is 6.04 Å². The molecule has 9 nitrogen and oxygen atoms in total. The van der Waals surface area contributed by atoms with Gasteiger partial charge in [-0.3, -0.25) is 4.79 Å². The molecule has 0 aromatic carbocycles. The molecule has 10 heteroatoms. The van der Waals surface area contributed by atoms with Gasteiger partial charge in [0.1, 0.15) is 0 Å². The van der Waals surface area contributed by atoms with Crippen LogP contribution in [-0.2, 0) is 14.8 Å². The van der Waals surface area contributed by atoms with Crippen molar-refractivity contribution in [3.63, 3.8) is 0 Å². The van der Waals surface area contributed by atoms with Gasteiger partial charge in [0.2, 0.25) is 15.9 Å². The monoisotopic (exact) mass is 268 g/mol. The predicted molar refractivity (Wildman–Crippen MR) is 63.8 cm³/mol. The second kappa shape index (κ2) is 7.53. The topological polar surface area (TPSA) is 171 Å². The van der Waals surface area contributed by atoms with E-state index in [9.17, 15) is 13.2 Å². The normalized spacial score (nSPS) is 13.9. The van der Waals surface area contributed by atoms with Crippen LogP contribution in [0.3, 0.4) is 0 Å². The van der Waals surface area contributed by atoms with Crippen molar-refractivity contribution in [3.8, 4) is 0 Å². The molecule has 0 aliphatic heterocycles. The summed E-state index contributed by atoms with van der Waals surface area (Å²) in [5.41, 5.74) is 20.8. The quantitative estimate of drug-likeness (QED) is 0.264. The number of nitrogens with zero attached hydrogens (tertiary/aromatic N) is 1. The molecular weight excluding hydrogens is 248 g/mol. The summed E-state index contributed by atoms with van der Waals surface area (Å²) in [4.78, 5) is 12.9. The van der Waals surface area contributed by atoms with Crippen LogP contribution >= 0.6 is 0 Å². The molecule has 1 unspecified atom stereocenters. The van der Waals surface area contributed by atoms with E-state index >= 15 is 0 Å². The zero-order valence-electron chi connectivity index (χ0n) is 9.50. The highest BCUT2D eigenvalue weighted by Crippen LogP contribution is 1.91. The van der Waals surface area contributed by atoms with E-state index < -0.39 is 27.7 Å². The lowest BCUT2D eigenvalue weighted by Gasteiger charge is -2.22. The molecule has 102 valence electrons. The van der Waals surface area contributed by atoms with E-state index in [0.29, 0.717) is 13.1 Å². The fourth-order valence-corrected chi connectivity index (χ4v) is 2.35. The number of hydrazine groups is 1. The largest absolute Gasteiger partial charge is 0.368 e. The number of hydrogen-bond acceptors (Lipinski definition) is 7. The average Bonchev–Trinajstić information content (AvgIpc) is 2.16. The van der Waals surface area contributed by atoms with E-state index in [2.05, 4.69) is 4.83 Å². The molecule has 1 amide bonds. The van der Waals surface area contributed by atoms with Crippen LogP contribution in [0.1, 0.15) is 0 Å². The van der Waals surface area contributed by atoms with Gasteiger partial charge in [0.25, 0.3) is 0 Å². The fourth-order valence-electron chi connectivity index (χ4n) is 1.07. The summed E-state index contributed by atoms with van der Waals surface area (Å²) in [5.74, 6) is -1.45. The van der Waals surface area contributed by atoms with Gasteiger partial charge in [-0.1, -0.05) is 0 Å². The minimum Gasteiger partial charge on any atom is -0.368 e. The molecule has 9 N–H and O–H groups in total. The number of primary amides is 1. The Balaban J connectivity index is 4.44. The van der Waals surface area contributed by atoms with E-state index in [4.69, 9.17) is 22.9 Å². The number of hydrogen-bond donors (Lipinski definition) is 5. The van der Waals surface area contributed by atoms with Crippen LogP contribution in [0.25, 0.3) is 0 Å². The third-order valence-corrected chi connectivity index (χ3v) is 3.16. The lowest BCUT2D eigenvalue weighted by Crippen LogP contribution is -2.51. The van der Waals surface area contributed by atoms with Gasteiger partial charge in [-0.2, -0.15) is 0 Å². The van der Waals surface area contributed by atoms with Crippen LogP contribution in [0.5, 0.6) is 0 Å². The zero-order valence-corrected chi connectivity index (χ0v) is 10.3. The van der Waals surface area contributed by atoms with Gasteiger partial charge in [0.05, 0.1) is 11.8 Å². The SMILES string of the molecule is NCCN(CCN)NS(=O)(=O)CC(N)C(N)=O. The Labute approximate surface area is 100 Å². The lowest BCUT2D eigenvalue weighted by molar-refractivity contribution is -0.118. The van der Waals surface area contributed by atoms with Gasteiger partial charge in [-0.15, -0.1) is 4.83 Å². The number of sulfonamides is 1. The summed E-state index contributed by atoms with van der Waals surface area (Å²) >= 11 is 0. The standard InChI is InChI=1S/C7H20N6O3S/c8-1-3-13(4-2-9)12-17(15,16)5-6(10)7(11)14/h6,12H,1-5,8-10H2,(H2,11,14). The fraction of sp³-hybridized carbons (Fsp3) is 0.857. The van der Waals surface area contributed by atoms with E-state index in [1.807, 2.05) is 0 Å². The number of rotatable bonds is 9. The van der Waals surface area contributed by atoms with E-state index in [1.165, 1.54) is 5.01 Å². The zero-order chi connectivity index (χ0) is 13.5. The Kier molecular flexibility index (Phi) is 7.18. The first-order chi connectivity index (χ1) is 7.82. The highest BCUT2D eigenvalue weighted by Gasteiger charge is 2.21. The minimum atomic E-state index is -3.73. The first-order valence-corrected chi connectivity index (χ1v) is 6.67. The molecule has 0 aliphatic rings. The van der Waals surface area contributed by atoms with Crippen molar-refractivity contribution in [2.24, 2.45) is 22.9 Å². The molecule has 0 bridgehead atoms. The Bertz CT molecular complexity index is 327. The maximum absolute atomic E-state index is 11.6. The molecule has 1 atom stereocenters. The van der Waals surface area contributed by atoms with Crippen LogP contribution in [0.4, 0.5) is 0 Å². The van der Waals surface area contributed by atoms with E-state index in [0.717, 1.165) is 0 Å². The van der Waals surface area contributed by atoms with Gasteiger partial charge >= 0.3 is 0 Å². The summed E-state index contributed by atoms with van der Waals surface area (Å²) in [5, 5.41) is 1.35. The molecule has 0 rings (SSSR count). The van der Waals surface area contributed by atoms with Crippen LogP contribution in [0.2, 0.25) is 0 Å². The molecule has 0 aromatic rings. The minimum absolute atomic E-state index is 0.268. The summed E-state index contributed by atoms with van der Waals surface area (Å²) in [7, 11) is -3.73. The predicted octanol–water partition coefficient (Wildman–Crippen LogP) is -4.15. The Morgan fingerprint density at radius 2 is 1.71 bits per heavy atom. The smallest absolute Gasteiger partial charge is 0.235 e. The first-order valence-electron chi connectivity index (χ1n) is 5.02. The van der Waals surface area contributed by atoms with Crippen molar-refractivity contribution in [3.05, 3.63) is 0 Å². The Morgan fingerprint density at radius 3 is 2.06 bits per heavy atom. The van der Waals surface area contributed by atoms with Gasteiger partial charge in [0, 0.05) is 26.2 Å². The third-order valence-electron chi connectivity index (χ3n) is 1.83. The molecule has 0 saturated heterocycles. The summed E-state index contributed by atoms with van der Waals surface area (Å²) in [6.07, 6.45) is 0. The first kappa shape index (κ1) is 16.2. The van der Waals surface area contributed by atoms with Gasteiger partial charge in [0.15, 0.2) is 0 Å². The summed E-state index contributed by atoms with van der Waals surface area (Å²) in [6.45, 7) is 1.15. The number of amides is 1. The number of nitrogens with one attached hydrogen (secondary N) is 1. The van der Waals surface area contributed by atoms with Gasteiger partial charge < -0.3 is 22.9 Å². The summed E-state index contributed by atoms with van der Waals surface area (Å²) in [6, 6.07) is -1.25. The number of carbonyl (C=O) groups excluding carboxylic acids is 1. The molecule has 0 spiro atoms. The Hall–Kier alpha value is -0.780. The maximum Gasteiger partial charge on any atom is 0.235 e. The van der Waals surface area contributed by atoms with Crippen LogP contribution in [-0.4, -0.2) is 57.3 Å². The summed E-state index contributed by atoms with van der Waals surface area (Å²) < 4.78 is 23.2. The van der Waals surface area contributed by atoms with Crippen molar-refractivity contribution >= 4 is 15.9 Å². The second-order valence-electron chi connectivity index (χ2n) is 3.45. The molecule has 0 aliphatic carbocycles. The third kappa shape index (κ3) is 7.20. The van der Waals surface area contributed by atoms with E-state index in [1.54, 1.807) is 0 Å². The average molecular weight is 268 g/mol. The molecule has 0 saturated carbocycles. The molecule has 0 heterocycles. The van der Waals surface area contributed by atoms with Crippen molar-refractivity contribution < 1.29 is 13.2 Å². The second-order valence-corrected chi connectivity index (χ2v) is 5.19. The number of nitrogens with two attached hydrogens (primary N) is 4. The maximum atomic E-state index is 11.6. The highest BCUT2D eigenvalue weighted by molar-refractivity contribution is 7.89. The Morgan fingerprint density at radius 1 is 1.24 bits per heavy atom. The van der Waals surface area contributed by atoms with Crippen LogP contribution < -0.4 is 27.8 Å². The molecule has 0 aromatic heterocycles. The highest BCUT2D eigenvalue weighted by atomic mass is 32.2. The van der Waals surface area contributed by atoms with Gasteiger partial charge in [-0.25, -0.2) is 13.4 Å². The van der Waals surface area contributed by atoms with Crippen LogP contribution in [0.15, 0.2) is 0 Å². The number of carbonyl (C=O) groups is 1. The molecule has 0 fully saturated rings. The van der Waals surface area contributed by atoms with Gasteiger partial charge in [-0.05, 0) is 0 Å². The van der Waals surface area contributed by atoms with Crippen LogP contribution in [0, 0.1) is 0 Å². The van der Waals surface area contributed by atoms with E-state index in [-0.39, 0.29) is 13.1 Å². The van der Waals surface area contributed by atoms with Crippen molar-refractivity contribution in [1.82, 2.24) is 9.84 Å². The van der Waals surface area contributed by atoms with Crippen molar-refractivity contribution in [2.75, 3.05) is 31.9 Å². The molecular formula is C7H20N6O3S. The van der Waals surface area contributed by atoms with Crippen molar-refractivity contribution in [1.29, 1.82) is 0 Å².